The number of carbonyl (C=O) groups excluding carboxylic acids is 2. The van der Waals surface area contributed by atoms with Crippen LogP contribution >= 0.6 is 0 Å². The highest BCUT2D eigenvalue weighted by Crippen LogP contribution is 2.37. The highest BCUT2D eigenvalue weighted by Gasteiger charge is 2.34. The standard InChI is InChI=1S/C24H29N3O3/c1-30-22(28)13-8-17-6-2-3-7-20(17)21-16-27(23(29)26-21)19-11-9-18(10-12-19)24(25)14-4-5-15-24/h2-3,6-7,9-12,21H,4-5,8,13-16,25H2,1H3,(H,26,29). The van der Waals surface area contributed by atoms with E-state index in [1.165, 1.54) is 20.0 Å². The number of carbonyl (C=O) groups is 2. The maximum atomic E-state index is 12.7. The fourth-order valence-corrected chi connectivity index (χ4v) is 4.65. The Bertz CT molecular complexity index is 920. The number of ether oxygens (including phenoxy) is 1. The van der Waals surface area contributed by atoms with Crippen molar-refractivity contribution in [3.8, 4) is 0 Å². The molecule has 1 saturated carbocycles. The lowest BCUT2D eigenvalue weighted by Gasteiger charge is -2.25. The number of urea groups is 1. The highest BCUT2D eigenvalue weighted by atomic mass is 16.5. The summed E-state index contributed by atoms with van der Waals surface area (Å²) in [6.45, 7) is 0.543. The van der Waals surface area contributed by atoms with Crippen molar-refractivity contribution < 1.29 is 14.3 Å². The van der Waals surface area contributed by atoms with Crippen molar-refractivity contribution in [2.75, 3.05) is 18.6 Å². The van der Waals surface area contributed by atoms with Crippen molar-refractivity contribution in [1.29, 1.82) is 0 Å². The number of anilines is 1. The van der Waals surface area contributed by atoms with Crippen molar-refractivity contribution in [1.82, 2.24) is 5.32 Å². The molecule has 30 heavy (non-hydrogen) atoms. The minimum Gasteiger partial charge on any atom is -0.469 e. The average molecular weight is 408 g/mol. The van der Waals surface area contributed by atoms with Crippen LogP contribution in [0.1, 0.15) is 54.8 Å². The quantitative estimate of drug-likeness (QED) is 0.714. The average Bonchev–Trinajstić information content (AvgIpc) is 3.39. The van der Waals surface area contributed by atoms with Gasteiger partial charge in [0.25, 0.3) is 0 Å². The topological polar surface area (TPSA) is 84.7 Å². The summed E-state index contributed by atoms with van der Waals surface area (Å²) in [4.78, 5) is 26.0. The molecule has 0 radical (unpaired) electrons. The highest BCUT2D eigenvalue weighted by molar-refractivity contribution is 5.94. The zero-order valence-corrected chi connectivity index (χ0v) is 17.4. The minimum atomic E-state index is -0.234. The van der Waals surface area contributed by atoms with Crippen LogP contribution in [-0.4, -0.2) is 25.7 Å². The van der Waals surface area contributed by atoms with Crippen LogP contribution in [0.4, 0.5) is 10.5 Å². The van der Waals surface area contributed by atoms with Gasteiger partial charge in [-0.25, -0.2) is 4.79 Å². The van der Waals surface area contributed by atoms with Gasteiger partial charge in [0, 0.05) is 17.6 Å². The van der Waals surface area contributed by atoms with Crippen LogP contribution in [0.5, 0.6) is 0 Å². The van der Waals surface area contributed by atoms with Gasteiger partial charge < -0.3 is 15.8 Å². The summed E-state index contributed by atoms with van der Waals surface area (Å²) in [5.74, 6) is -0.234. The first-order valence-corrected chi connectivity index (χ1v) is 10.6. The summed E-state index contributed by atoms with van der Waals surface area (Å²) < 4.78 is 4.76. The zero-order chi connectivity index (χ0) is 21.1. The Labute approximate surface area is 177 Å². The molecule has 1 aliphatic heterocycles. The predicted molar refractivity (Wildman–Crippen MR) is 116 cm³/mol. The monoisotopic (exact) mass is 407 g/mol. The number of rotatable bonds is 6. The van der Waals surface area contributed by atoms with E-state index in [1.54, 1.807) is 4.90 Å². The van der Waals surface area contributed by atoms with E-state index in [0.717, 1.165) is 35.2 Å². The summed E-state index contributed by atoms with van der Waals surface area (Å²) >= 11 is 0. The second kappa shape index (κ2) is 8.48. The molecular weight excluding hydrogens is 378 g/mol. The number of nitrogens with one attached hydrogen (secondary N) is 1. The molecule has 1 heterocycles. The van der Waals surface area contributed by atoms with Gasteiger partial charge >= 0.3 is 12.0 Å². The van der Waals surface area contributed by atoms with E-state index >= 15 is 0 Å². The van der Waals surface area contributed by atoms with Crippen molar-refractivity contribution in [2.24, 2.45) is 5.73 Å². The van der Waals surface area contributed by atoms with E-state index in [-0.39, 0.29) is 23.6 Å². The molecular formula is C24H29N3O3. The fraction of sp³-hybridized carbons (Fsp3) is 0.417. The van der Waals surface area contributed by atoms with Crippen molar-refractivity contribution in [2.45, 2.75) is 50.1 Å². The maximum Gasteiger partial charge on any atom is 0.322 e. The molecule has 2 aromatic rings. The molecule has 1 saturated heterocycles. The fourth-order valence-electron chi connectivity index (χ4n) is 4.65. The molecule has 1 atom stereocenters. The Kier molecular flexibility index (Phi) is 5.77. The lowest BCUT2D eigenvalue weighted by atomic mass is 9.89. The summed E-state index contributed by atoms with van der Waals surface area (Å²) in [6, 6.07) is 15.8. The predicted octanol–water partition coefficient (Wildman–Crippen LogP) is 3.79. The van der Waals surface area contributed by atoms with Crippen molar-refractivity contribution >= 4 is 17.7 Å². The molecule has 6 nitrogen and oxygen atoms in total. The third kappa shape index (κ3) is 4.05. The first kappa shape index (κ1) is 20.4. The Morgan fingerprint density at radius 3 is 2.57 bits per heavy atom. The normalized spacial score (nSPS) is 20.3. The summed E-state index contributed by atoms with van der Waals surface area (Å²) in [5, 5.41) is 3.08. The van der Waals surface area contributed by atoms with E-state index in [9.17, 15) is 9.59 Å². The van der Waals surface area contributed by atoms with Gasteiger partial charge in [-0.3, -0.25) is 9.69 Å². The van der Waals surface area contributed by atoms with Gasteiger partial charge in [-0.15, -0.1) is 0 Å². The number of aryl methyl sites for hydroxylation is 1. The summed E-state index contributed by atoms with van der Waals surface area (Å²) in [5.41, 5.74) is 10.4. The van der Waals surface area contributed by atoms with Crippen LogP contribution in [0.15, 0.2) is 48.5 Å². The molecule has 4 rings (SSSR count). The van der Waals surface area contributed by atoms with Crippen LogP contribution in [-0.2, 0) is 21.5 Å². The van der Waals surface area contributed by atoms with Crippen LogP contribution < -0.4 is 16.0 Å². The minimum absolute atomic E-state index is 0.112. The number of esters is 1. The Hall–Kier alpha value is -2.86. The Balaban J connectivity index is 1.49. The van der Waals surface area contributed by atoms with Crippen LogP contribution in [0.25, 0.3) is 0 Å². The molecule has 2 aromatic carbocycles. The van der Waals surface area contributed by atoms with Crippen LogP contribution in [0, 0.1) is 0 Å². The molecule has 0 bridgehead atoms. The maximum absolute atomic E-state index is 12.7. The van der Waals surface area contributed by atoms with Gasteiger partial charge in [0.05, 0.1) is 19.7 Å². The number of amides is 2. The van der Waals surface area contributed by atoms with E-state index in [2.05, 4.69) is 17.4 Å². The molecule has 3 N–H and O–H groups in total. The largest absolute Gasteiger partial charge is 0.469 e. The molecule has 6 heteroatoms. The number of nitrogens with two attached hydrogens (primary N) is 1. The van der Waals surface area contributed by atoms with Gasteiger partial charge in [0.2, 0.25) is 0 Å². The molecule has 0 spiro atoms. The summed E-state index contributed by atoms with van der Waals surface area (Å²) in [6.07, 6.45) is 5.28. The van der Waals surface area contributed by atoms with Gasteiger partial charge in [0.1, 0.15) is 0 Å². The van der Waals surface area contributed by atoms with Gasteiger partial charge in [0.15, 0.2) is 0 Å². The van der Waals surface area contributed by atoms with Gasteiger partial charge in [-0.1, -0.05) is 49.2 Å². The first-order valence-electron chi connectivity index (χ1n) is 10.6. The zero-order valence-electron chi connectivity index (χ0n) is 17.4. The van der Waals surface area contributed by atoms with Crippen LogP contribution in [0.2, 0.25) is 0 Å². The van der Waals surface area contributed by atoms with Crippen molar-refractivity contribution in [3.63, 3.8) is 0 Å². The Morgan fingerprint density at radius 2 is 1.87 bits per heavy atom. The van der Waals surface area contributed by atoms with E-state index in [4.69, 9.17) is 10.5 Å². The molecule has 2 aliphatic rings. The van der Waals surface area contributed by atoms with E-state index in [1.807, 2.05) is 36.4 Å². The molecule has 1 aliphatic carbocycles. The molecule has 0 aromatic heterocycles. The Morgan fingerprint density at radius 1 is 1.17 bits per heavy atom. The number of nitrogens with zero attached hydrogens (tertiary/aromatic N) is 1. The summed E-state index contributed by atoms with van der Waals surface area (Å²) in [7, 11) is 1.40. The third-order valence-electron chi connectivity index (χ3n) is 6.41. The number of benzene rings is 2. The lowest BCUT2D eigenvalue weighted by molar-refractivity contribution is -0.140. The third-order valence-corrected chi connectivity index (χ3v) is 6.41. The van der Waals surface area contributed by atoms with Crippen LogP contribution in [0.3, 0.4) is 0 Å². The second-order valence-corrected chi connectivity index (χ2v) is 8.30. The lowest BCUT2D eigenvalue weighted by Crippen LogP contribution is -2.33. The van der Waals surface area contributed by atoms with Gasteiger partial charge in [-0.05, 0) is 48.1 Å². The molecule has 2 fully saturated rings. The van der Waals surface area contributed by atoms with E-state index in [0.29, 0.717) is 19.4 Å². The SMILES string of the molecule is COC(=O)CCc1ccccc1C1CN(c2ccc(C3(N)CCCC3)cc2)C(=O)N1. The number of hydrogen-bond donors (Lipinski definition) is 2. The molecule has 158 valence electrons. The second-order valence-electron chi connectivity index (χ2n) is 8.30. The number of hydrogen-bond acceptors (Lipinski definition) is 4. The molecule has 1 unspecified atom stereocenters. The van der Waals surface area contributed by atoms with E-state index < -0.39 is 0 Å². The molecule has 2 amide bonds. The first-order chi connectivity index (χ1) is 14.5. The van der Waals surface area contributed by atoms with Crippen molar-refractivity contribution in [3.05, 3.63) is 65.2 Å². The van der Waals surface area contributed by atoms with Gasteiger partial charge in [-0.2, -0.15) is 0 Å². The number of methoxy groups -OCH3 is 1. The smallest absolute Gasteiger partial charge is 0.322 e.